The zero-order valence-electron chi connectivity index (χ0n) is 8.86. The minimum atomic E-state index is 0.104. The number of hydrogen-bond donors (Lipinski definition) is 1. The molecule has 0 aromatic carbocycles. The summed E-state index contributed by atoms with van der Waals surface area (Å²) in [4.78, 5) is 16.9. The summed E-state index contributed by atoms with van der Waals surface area (Å²) in [5.41, 5.74) is 0. The Morgan fingerprint density at radius 3 is 2.93 bits per heavy atom. The third-order valence-electron chi connectivity index (χ3n) is 2.36. The highest BCUT2D eigenvalue weighted by Crippen LogP contribution is 2.13. The highest BCUT2D eigenvalue weighted by molar-refractivity contribution is 5.78. The molecule has 1 unspecified atom stereocenters. The Bertz CT molecular complexity index is 361. The number of amides is 1. The van der Waals surface area contributed by atoms with E-state index in [2.05, 4.69) is 15.5 Å². The predicted octanol–water partition coefficient (Wildman–Crippen LogP) is -0.0433. The SMILES string of the molecule is CN(C)c1noc(CC2CCC(=O)N2)n1. The van der Waals surface area contributed by atoms with E-state index in [1.807, 2.05) is 14.1 Å². The predicted molar refractivity (Wildman–Crippen MR) is 53.5 cm³/mol. The molecule has 6 nitrogen and oxygen atoms in total. The van der Waals surface area contributed by atoms with Gasteiger partial charge in [-0.05, 0) is 11.6 Å². The Hall–Kier alpha value is -1.59. The zero-order valence-corrected chi connectivity index (χ0v) is 8.86. The van der Waals surface area contributed by atoms with Gasteiger partial charge in [-0.15, -0.1) is 0 Å². The number of hydrogen-bond acceptors (Lipinski definition) is 5. The molecule has 1 N–H and O–H groups in total. The maximum atomic E-state index is 11.0. The molecule has 1 fully saturated rings. The molecule has 2 rings (SSSR count). The molecule has 1 atom stereocenters. The second kappa shape index (κ2) is 3.88. The number of carbonyl (C=O) groups is 1. The van der Waals surface area contributed by atoms with Gasteiger partial charge in [0.15, 0.2) is 0 Å². The largest absolute Gasteiger partial charge is 0.353 e. The van der Waals surface area contributed by atoms with Crippen LogP contribution in [0.5, 0.6) is 0 Å². The van der Waals surface area contributed by atoms with Crippen LogP contribution in [0.4, 0.5) is 5.95 Å². The zero-order chi connectivity index (χ0) is 10.8. The van der Waals surface area contributed by atoms with E-state index in [-0.39, 0.29) is 11.9 Å². The molecule has 1 aromatic rings. The van der Waals surface area contributed by atoms with Gasteiger partial charge in [0.25, 0.3) is 5.95 Å². The lowest BCUT2D eigenvalue weighted by atomic mass is 10.1. The maximum absolute atomic E-state index is 11.0. The van der Waals surface area contributed by atoms with Crippen LogP contribution in [0.25, 0.3) is 0 Å². The second-order valence-corrected chi connectivity index (χ2v) is 3.89. The van der Waals surface area contributed by atoms with Crippen LogP contribution in [0.3, 0.4) is 0 Å². The second-order valence-electron chi connectivity index (χ2n) is 3.89. The van der Waals surface area contributed by atoms with E-state index < -0.39 is 0 Å². The average Bonchev–Trinajstić information content (AvgIpc) is 2.76. The standard InChI is InChI=1S/C9H14N4O2/c1-13(2)9-11-8(15-12-9)5-6-3-4-7(14)10-6/h6H,3-5H2,1-2H3,(H,10,14). The van der Waals surface area contributed by atoms with Crippen LogP contribution >= 0.6 is 0 Å². The Kier molecular flexibility index (Phi) is 2.57. The van der Waals surface area contributed by atoms with Gasteiger partial charge in [0.05, 0.1) is 0 Å². The van der Waals surface area contributed by atoms with E-state index in [1.54, 1.807) is 4.90 Å². The summed E-state index contributed by atoms with van der Waals surface area (Å²) in [6.45, 7) is 0. The molecular formula is C9H14N4O2. The lowest BCUT2D eigenvalue weighted by molar-refractivity contribution is -0.119. The number of carbonyl (C=O) groups excluding carboxylic acids is 1. The molecule has 1 amide bonds. The summed E-state index contributed by atoms with van der Waals surface area (Å²) < 4.78 is 5.07. The van der Waals surface area contributed by atoms with E-state index >= 15 is 0 Å². The van der Waals surface area contributed by atoms with Crippen LogP contribution in [-0.4, -0.2) is 36.2 Å². The minimum absolute atomic E-state index is 0.104. The summed E-state index contributed by atoms with van der Waals surface area (Å²) in [5, 5.41) is 6.66. The molecule has 1 aliphatic rings. The number of aromatic nitrogens is 2. The normalized spacial score (nSPS) is 20.4. The first-order valence-electron chi connectivity index (χ1n) is 4.94. The lowest BCUT2D eigenvalue weighted by Crippen LogP contribution is -2.27. The summed E-state index contributed by atoms with van der Waals surface area (Å²) in [5.74, 6) is 1.24. The van der Waals surface area contributed by atoms with E-state index in [0.29, 0.717) is 24.7 Å². The molecule has 2 heterocycles. The van der Waals surface area contributed by atoms with Crippen molar-refractivity contribution in [3.8, 4) is 0 Å². The third-order valence-corrected chi connectivity index (χ3v) is 2.36. The van der Waals surface area contributed by atoms with E-state index in [4.69, 9.17) is 4.52 Å². The Morgan fingerprint density at radius 2 is 2.40 bits per heavy atom. The van der Waals surface area contributed by atoms with Gasteiger partial charge in [0, 0.05) is 33.0 Å². The van der Waals surface area contributed by atoms with Gasteiger partial charge < -0.3 is 14.7 Å². The fourth-order valence-corrected chi connectivity index (χ4v) is 1.55. The van der Waals surface area contributed by atoms with E-state index in [9.17, 15) is 4.79 Å². The Morgan fingerprint density at radius 1 is 1.60 bits per heavy atom. The fourth-order valence-electron chi connectivity index (χ4n) is 1.55. The van der Waals surface area contributed by atoms with Crippen molar-refractivity contribution in [1.82, 2.24) is 15.5 Å². The quantitative estimate of drug-likeness (QED) is 0.757. The fraction of sp³-hybridized carbons (Fsp3) is 0.667. The smallest absolute Gasteiger partial charge is 0.265 e. The molecule has 1 aliphatic heterocycles. The minimum Gasteiger partial charge on any atom is -0.353 e. The maximum Gasteiger partial charge on any atom is 0.265 e. The molecule has 0 aliphatic carbocycles. The van der Waals surface area contributed by atoms with Crippen LogP contribution in [0.2, 0.25) is 0 Å². The summed E-state index contributed by atoms with van der Waals surface area (Å²) in [6.07, 6.45) is 2.06. The Labute approximate surface area is 87.6 Å². The molecular weight excluding hydrogens is 196 g/mol. The number of anilines is 1. The third kappa shape index (κ3) is 2.26. The monoisotopic (exact) mass is 210 g/mol. The molecule has 0 saturated carbocycles. The van der Waals surface area contributed by atoms with E-state index in [0.717, 1.165) is 6.42 Å². The van der Waals surface area contributed by atoms with Gasteiger partial charge in [-0.25, -0.2) is 0 Å². The number of nitrogens with zero attached hydrogens (tertiary/aromatic N) is 3. The molecule has 1 saturated heterocycles. The summed E-state index contributed by atoms with van der Waals surface area (Å²) in [7, 11) is 3.71. The average molecular weight is 210 g/mol. The van der Waals surface area contributed by atoms with Gasteiger partial charge in [-0.2, -0.15) is 4.98 Å². The molecule has 6 heteroatoms. The Balaban J connectivity index is 1.96. The van der Waals surface area contributed by atoms with Gasteiger partial charge in [-0.3, -0.25) is 4.79 Å². The molecule has 0 bridgehead atoms. The first-order valence-corrected chi connectivity index (χ1v) is 4.94. The highest BCUT2D eigenvalue weighted by Gasteiger charge is 2.23. The van der Waals surface area contributed by atoms with Gasteiger partial charge >= 0.3 is 0 Å². The van der Waals surface area contributed by atoms with Crippen LogP contribution in [0.15, 0.2) is 4.52 Å². The first kappa shape index (κ1) is 9.95. The van der Waals surface area contributed by atoms with Gasteiger partial charge in [-0.1, -0.05) is 0 Å². The van der Waals surface area contributed by atoms with Crippen molar-refractivity contribution in [3.05, 3.63) is 5.89 Å². The molecule has 15 heavy (non-hydrogen) atoms. The topological polar surface area (TPSA) is 71.3 Å². The van der Waals surface area contributed by atoms with Crippen molar-refractivity contribution in [2.75, 3.05) is 19.0 Å². The lowest BCUT2D eigenvalue weighted by Gasteiger charge is -2.05. The molecule has 0 spiro atoms. The van der Waals surface area contributed by atoms with Crippen molar-refractivity contribution in [3.63, 3.8) is 0 Å². The van der Waals surface area contributed by atoms with Crippen molar-refractivity contribution in [2.24, 2.45) is 0 Å². The molecule has 0 radical (unpaired) electrons. The number of rotatable bonds is 3. The summed E-state index contributed by atoms with van der Waals surface area (Å²) in [6, 6.07) is 0.146. The molecule has 1 aromatic heterocycles. The van der Waals surface area contributed by atoms with Crippen LogP contribution < -0.4 is 10.2 Å². The highest BCUT2D eigenvalue weighted by atomic mass is 16.5. The van der Waals surface area contributed by atoms with Crippen molar-refractivity contribution in [2.45, 2.75) is 25.3 Å². The van der Waals surface area contributed by atoms with Crippen molar-refractivity contribution < 1.29 is 9.32 Å². The van der Waals surface area contributed by atoms with Crippen LogP contribution in [0.1, 0.15) is 18.7 Å². The summed E-state index contributed by atoms with van der Waals surface area (Å²) >= 11 is 0. The van der Waals surface area contributed by atoms with Gasteiger partial charge in [0.2, 0.25) is 11.8 Å². The van der Waals surface area contributed by atoms with E-state index in [1.165, 1.54) is 0 Å². The first-order chi connectivity index (χ1) is 7.15. The van der Waals surface area contributed by atoms with Crippen molar-refractivity contribution in [1.29, 1.82) is 0 Å². The van der Waals surface area contributed by atoms with Crippen molar-refractivity contribution >= 4 is 11.9 Å². The van der Waals surface area contributed by atoms with Crippen LogP contribution in [-0.2, 0) is 11.2 Å². The van der Waals surface area contributed by atoms with Gasteiger partial charge in [0.1, 0.15) is 0 Å². The van der Waals surface area contributed by atoms with Crippen LogP contribution in [0, 0.1) is 0 Å². The molecule has 82 valence electrons. The number of nitrogens with one attached hydrogen (secondary N) is 1.